The molecule has 3 nitrogen and oxygen atoms in total. The van der Waals surface area contributed by atoms with Gasteiger partial charge in [0.2, 0.25) is 9.05 Å². The highest BCUT2D eigenvalue weighted by Crippen LogP contribution is 2.24. The average Bonchev–Trinajstić information content (AvgIpc) is 2.28. The highest BCUT2D eigenvalue weighted by atomic mass is 35.7. The zero-order valence-corrected chi connectivity index (χ0v) is 12.3. The summed E-state index contributed by atoms with van der Waals surface area (Å²) in [7, 11) is 3.37. The van der Waals surface area contributed by atoms with Crippen LogP contribution in [0.1, 0.15) is 23.1 Å². The van der Waals surface area contributed by atoms with Crippen LogP contribution in [-0.2, 0) is 9.05 Å². The number of benzene rings is 1. The Bertz CT molecular complexity index is 548. The van der Waals surface area contributed by atoms with Crippen molar-refractivity contribution in [2.24, 2.45) is 0 Å². The van der Waals surface area contributed by atoms with E-state index in [4.69, 9.17) is 15.4 Å². The fraction of sp³-hybridized carbons (Fsp3) is 0.385. The van der Waals surface area contributed by atoms with Crippen molar-refractivity contribution >= 4 is 25.8 Å². The Morgan fingerprint density at radius 3 is 2.50 bits per heavy atom. The Labute approximate surface area is 113 Å². The summed E-state index contributed by atoms with van der Waals surface area (Å²) in [5, 5.41) is 0. The molecule has 0 unspecified atom stereocenters. The molecule has 0 radical (unpaired) electrons. The first-order valence-corrected chi connectivity index (χ1v) is 8.06. The average molecular weight is 289 g/mol. The Morgan fingerprint density at radius 1 is 1.28 bits per heavy atom. The quantitative estimate of drug-likeness (QED) is 0.781. The van der Waals surface area contributed by atoms with Gasteiger partial charge in [-0.2, -0.15) is 0 Å². The predicted octanol–water partition coefficient (Wildman–Crippen LogP) is 3.28. The van der Waals surface area contributed by atoms with E-state index in [1.807, 2.05) is 38.1 Å². The van der Waals surface area contributed by atoms with E-state index >= 15 is 0 Å². The summed E-state index contributed by atoms with van der Waals surface area (Å²) in [6, 6.07) is 3.85. The van der Waals surface area contributed by atoms with Gasteiger partial charge in [-0.05, 0) is 43.0 Å². The summed E-state index contributed by atoms with van der Waals surface area (Å²) < 4.78 is 26.8. The van der Waals surface area contributed by atoms with Gasteiger partial charge in [0, 0.05) is 10.7 Å². The summed E-state index contributed by atoms with van der Waals surface area (Å²) in [5.74, 6) is 0.812. The molecule has 1 aromatic rings. The molecule has 0 aliphatic carbocycles. The molecule has 0 aliphatic heterocycles. The molecule has 0 heterocycles. The summed E-state index contributed by atoms with van der Waals surface area (Å²) in [6.45, 7) is 4.00. The lowest BCUT2D eigenvalue weighted by atomic mass is 10.0. The third-order valence-electron chi connectivity index (χ3n) is 2.83. The van der Waals surface area contributed by atoms with Crippen molar-refractivity contribution in [1.29, 1.82) is 0 Å². The van der Waals surface area contributed by atoms with Crippen LogP contribution in [0.5, 0.6) is 5.75 Å². The van der Waals surface area contributed by atoms with Gasteiger partial charge in [-0.3, -0.25) is 0 Å². The molecule has 5 heteroatoms. The van der Waals surface area contributed by atoms with Crippen molar-refractivity contribution in [3.8, 4) is 5.75 Å². The number of halogens is 1. The van der Waals surface area contributed by atoms with Crippen LogP contribution >= 0.6 is 10.7 Å². The Kier molecular flexibility index (Phi) is 5.23. The second kappa shape index (κ2) is 6.25. The molecule has 1 rings (SSSR count). The number of hydrogen-bond acceptors (Lipinski definition) is 3. The van der Waals surface area contributed by atoms with Crippen molar-refractivity contribution in [3.63, 3.8) is 0 Å². The maximum atomic E-state index is 10.8. The van der Waals surface area contributed by atoms with Crippen LogP contribution in [0, 0.1) is 13.8 Å². The molecule has 0 spiro atoms. The molecule has 18 heavy (non-hydrogen) atoms. The van der Waals surface area contributed by atoms with Crippen LogP contribution in [0.25, 0.3) is 6.08 Å². The molecular formula is C13H17ClO3S. The van der Waals surface area contributed by atoms with Crippen LogP contribution in [0.2, 0.25) is 0 Å². The van der Waals surface area contributed by atoms with Crippen LogP contribution in [-0.4, -0.2) is 21.3 Å². The van der Waals surface area contributed by atoms with Crippen molar-refractivity contribution in [1.82, 2.24) is 0 Å². The van der Waals surface area contributed by atoms with Crippen LogP contribution in [0.15, 0.2) is 18.2 Å². The number of hydrogen-bond donors (Lipinski definition) is 0. The van der Waals surface area contributed by atoms with Gasteiger partial charge in [-0.25, -0.2) is 8.42 Å². The van der Waals surface area contributed by atoms with E-state index in [9.17, 15) is 8.42 Å². The lowest BCUT2D eigenvalue weighted by Gasteiger charge is -2.09. The number of allylic oxidation sites excluding steroid dienone is 1. The van der Waals surface area contributed by atoms with Crippen molar-refractivity contribution < 1.29 is 13.2 Å². The predicted molar refractivity (Wildman–Crippen MR) is 75.8 cm³/mol. The lowest BCUT2D eigenvalue weighted by Crippen LogP contribution is -1.95. The van der Waals surface area contributed by atoms with Gasteiger partial charge in [-0.15, -0.1) is 0 Å². The molecule has 0 bridgehead atoms. The molecule has 0 aromatic heterocycles. The van der Waals surface area contributed by atoms with Crippen LogP contribution in [0.3, 0.4) is 0 Å². The number of methoxy groups -OCH3 is 1. The monoisotopic (exact) mass is 288 g/mol. The lowest BCUT2D eigenvalue weighted by molar-refractivity contribution is 0.411. The first-order chi connectivity index (χ1) is 8.35. The van der Waals surface area contributed by atoms with Gasteiger partial charge >= 0.3 is 0 Å². The Balaban J connectivity index is 2.80. The largest absolute Gasteiger partial charge is 0.496 e. The van der Waals surface area contributed by atoms with E-state index in [1.165, 1.54) is 0 Å². The molecule has 0 saturated heterocycles. The fourth-order valence-electron chi connectivity index (χ4n) is 1.64. The van der Waals surface area contributed by atoms with Crippen molar-refractivity contribution in [2.75, 3.05) is 12.9 Å². The first-order valence-electron chi connectivity index (χ1n) is 5.58. The maximum Gasteiger partial charge on any atom is 0.232 e. The van der Waals surface area contributed by atoms with E-state index in [0.717, 1.165) is 22.4 Å². The minimum atomic E-state index is -3.41. The maximum absolute atomic E-state index is 10.8. The van der Waals surface area contributed by atoms with Gasteiger partial charge in [0.25, 0.3) is 0 Å². The molecule has 100 valence electrons. The third-order valence-corrected chi connectivity index (χ3v) is 4.01. The molecule has 0 aliphatic rings. The van der Waals surface area contributed by atoms with Crippen molar-refractivity contribution in [2.45, 2.75) is 20.3 Å². The summed E-state index contributed by atoms with van der Waals surface area (Å²) >= 11 is 0. The zero-order chi connectivity index (χ0) is 13.8. The van der Waals surface area contributed by atoms with Crippen LogP contribution < -0.4 is 4.74 Å². The van der Waals surface area contributed by atoms with Crippen molar-refractivity contribution in [3.05, 3.63) is 34.9 Å². The summed E-state index contributed by atoms with van der Waals surface area (Å²) in [5.41, 5.74) is 3.27. The second-order valence-electron chi connectivity index (χ2n) is 4.04. The molecule has 0 N–H and O–H groups in total. The van der Waals surface area contributed by atoms with Gasteiger partial charge in [0.05, 0.1) is 12.9 Å². The molecule has 1 aromatic carbocycles. The highest BCUT2D eigenvalue weighted by Gasteiger charge is 2.05. The van der Waals surface area contributed by atoms with Crippen LogP contribution in [0.4, 0.5) is 0 Å². The fourth-order valence-corrected chi connectivity index (χ4v) is 2.32. The summed E-state index contributed by atoms with van der Waals surface area (Å²) in [6.07, 6.45) is 4.13. The smallest absolute Gasteiger partial charge is 0.232 e. The van der Waals surface area contributed by atoms with E-state index in [2.05, 4.69) is 0 Å². The minimum absolute atomic E-state index is 0.0424. The normalized spacial score (nSPS) is 12.0. The number of rotatable bonds is 5. The third kappa shape index (κ3) is 4.35. The molecular weight excluding hydrogens is 272 g/mol. The summed E-state index contributed by atoms with van der Waals surface area (Å²) in [4.78, 5) is 0. The SMILES string of the molecule is COc1ccc(/C=C/CCS(=O)(=O)Cl)c(C)c1C. The van der Waals surface area contributed by atoms with Gasteiger partial charge in [-0.1, -0.05) is 18.2 Å². The molecule has 0 atom stereocenters. The zero-order valence-electron chi connectivity index (χ0n) is 10.7. The van der Waals surface area contributed by atoms with Gasteiger partial charge in [0.15, 0.2) is 0 Å². The molecule has 0 fully saturated rings. The standard InChI is InChI=1S/C13H17ClO3S/c1-10-11(2)13(17-3)8-7-12(10)6-4-5-9-18(14,15)16/h4,6-8H,5,9H2,1-3H3/b6-4+. The van der Waals surface area contributed by atoms with E-state index in [-0.39, 0.29) is 5.75 Å². The molecule has 0 amide bonds. The molecule has 0 saturated carbocycles. The number of ether oxygens (including phenoxy) is 1. The van der Waals surface area contributed by atoms with E-state index in [1.54, 1.807) is 7.11 Å². The topological polar surface area (TPSA) is 43.4 Å². The highest BCUT2D eigenvalue weighted by molar-refractivity contribution is 8.13. The van der Waals surface area contributed by atoms with E-state index in [0.29, 0.717) is 6.42 Å². The Hall–Kier alpha value is -1.00. The second-order valence-corrected chi connectivity index (χ2v) is 6.94. The van der Waals surface area contributed by atoms with E-state index < -0.39 is 9.05 Å². The van der Waals surface area contributed by atoms with Gasteiger partial charge in [0.1, 0.15) is 5.75 Å². The Morgan fingerprint density at radius 2 is 1.94 bits per heavy atom. The van der Waals surface area contributed by atoms with Gasteiger partial charge < -0.3 is 4.74 Å². The first kappa shape index (κ1) is 15.1. The minimum Gasteiger partial charge on any atom is -0.496 e.